The van der Waals surface area contributed by atoms with Crippen molar-refractivity contribution in [1.29, 1.82) is 0 Å². The molecule has 1 N–H and O–H groups in total. The van der Waals surface area contributed by atoms with E-state index < -0.39 is 0 Å². The molecular weight excluding hydrogens is 216 g/mol. The van der Waals surface area contributed by atoms with Crippen LogP contribution in [-0.4, -0.2) is 39.7 Å². The van der Waals surface area contributed by atoms with Gasteiger partial charge in [0.05, 0.1) is 12.2 Å². The lowest BCUT2D eigenvalue weighted by Gasteiger charge is -2.22. The highest BCUT2D eigenvalue weighted by atomic mass is 16.2. The number of anilines is 1. The van der Waals surface area contributed by atoms with Crippen LogP contribution in [0.4, 0.5) is 5.82 Å². The minimum absolute atomic E-state index is 0.0323. The number of rotatable bonds is 4. The Labute approximate surface area is 102 Å². The lowest BCUT2D eigenvalue weighted by Crippen LogP contribution is -2.40. The number of nitrogens with one attached hydrogen (secondary N) is 1. The number of hydrogen-bond acceptors (Lipinski definition) is 3. The number of amides is 1. The summed E-state index contributed by atoms with van der Waals surface area (Å²) in [5, 5.41) is 6.98. The molecule has 1 atom stereocenters. The van der Waals surface area contributed by atoms with Crippen molar-refractivity contribution >= 4 is 11.7 Å². The van der Waals surface area contributed by atoms with E-state index in [9.17, 15) is 4.79 Å². The van der Waals surface area contributed by atoms with Crippen molar-refractivity contribution < 1.29 is 4.79 Å². The maximum absolute atomic E-state index is 12.2. The Morgan fingerprint density at radius 3 is 3.12 bits per heavy atom. The Morgan fingerprint density at radius 2 is 2.47 bits per heavy atom. The van der Waals surface area contributed by atoms with Crippen LogP contribution < -0.4 is 5.32 Å². The van der Waals surface area contributed by atoms with Gasteiger partial charge in [0.1, 0.15) is 5.82 Å². The molecular formula is C12H20N4O. The van der Waals surface area contributed by atoms with Crippen molar-refractivity contribution in [3.8, 4) is 0 Å². The lowest BCUT2D eigenvalue weighted by atomic mass is 10.2. The van der Waals surface area contributed by atoms with E-state index in [1.807, 2.05) is 13.1 Å². The van der Waals surface area contributed by atoms with Gasteiger partial charge in [-0.2, -0.15) is 5.10 Å². The molecule has 0 radical (unpaired) electrons. The number of carbonyl (C=O) groups excluding carboxylic acids is 1. The summed E-state index contributed by atoms with van der Waals surface area (Å²) in [5.74, 6) is 0.859. The van der Waals surface area contributed by atoms with E-state index in [0.29, 0.717) is 0 Å². The second-order valence-electron chi connectivity index (χ2n) is 4.52. The summed E-state index contributed by atoms with van der Waals surface area (Å²) in [6.07, 6.45) is 4.86. The van der Waals surface area contributed by atoms with Crippen LogP contribution in [0.5, 0.6) is 0 Å². The van der Waals surface area contributed by atoms with Crippen LogP contribution in [0.2, 0.25) is 0 Å². The number of nitrogens with zero attached hydrogens (tertiary/aromatic N) is 3. The van der Waals surface area contributed by atoms with E-state index in [4.69, 9.17) is 0 Å². The molecule has 2 rings (SSSR count). The van der Waals surface area contributed by atoms with Gasteiger partial charge in [0.15, 0.2) is 0 Å². The number of aromatic nitrogens is 2. The van der Waals surface area contributed by atoms with Crippen molar-refractivity contribution in [3.63, 3.8) is 0 Å². The van der Waals surface area contributed by atoms with Crippen LogP contribution in [0.1, 0.15) is 26.2 Å². The molecule has 1 aromatic heterocycles. The minimum atomic E-state index is 0.0323. The first kappa shape index (κ1) is 12.1. The van der Waals surface area contributed by atoms with Crippen LogP contribution in [0.3, 0.4) is 0 Å². The molecule has 0 aliphatic carbocycles. The van der Waals surface area contributed by atoms with Crippen LogP contribution in [0.25, 0.3) is 0 Å². The van der Waals surface area contributed by atoms with Crippen LogP contribution in [-0.2, 0) is 11.8 Å². The van der Waals surface area contributed by atoms with Gasteiger partial charge in [-0.3, -0.25) is 14.4 Å². The summed E-state index contributed by atoms with van der Waals surface area (Å²) < 4.78 is 1.68. The molecule has 0 aromatic carbocycles. The average Bonchev–Trinajstić information content (AvgIpc) is 2.89. The topological polar surface area (TPSA) is 50.2 Å². The van der Waals surface area contributed by atoms with E-state index in [1.165, 1.54) is 0 Å². The van der Waals surface area contributed by atoms with Crippen molar-refractivity contribution in [2.24, 2.45) is 7.05 Å². The highest BCUT2D eigenvalue weighted by Gasteiger charge is 2.30. The third-order valence-corrected chi connectivity index (χ3v) is 3.25. The quantitative estimate of drug-likeness (QED) is 0.855. The van der Waals surface area contributed by atoms with E-state index in [1.54, 1.807) is 10.9 Å². The van der Waals surface area contributed by atoms with Crippen LogP contribution >= 0.6 is 0 Å². The average molecular weight is 236 g/mol. The van der Waals surface area contributed by atoms with Gasteiger partial charge in [0, 0.05) is 13.1 Å². The predicted molar refractivity (Wildman–Crippen MR) is 66.7 cm³/mol. The molecule has 1 amide bonds. The summed E-state index contributed by atoms with van der Waals surface area (Å²) in [4.78, 5) is 14.4. The molecule has 1 unspecified atom stereocenters. The van der Waals surface area contributed by atoms with Gasteiger partial charge in [-0.1, -0.05) is 6.92 Å². The summed E-state index contributed by atoms with van der Waals surface area (Å²) >= 11 is 0. The highest BCUT2D eigenvalue weighted by molar-refractivity contribution is 5.94. The molecule has 1 saturated heterocycles. The summed E-state index contributed by atoms with van der Waals surface area (Å²) in [5.41, 5.74) is 0. The summed E-state index contributed by atoms with van der Waals surface area (Å²) in [6, 6.07) is 1.85. The second-order valence-corrected chi connectivity index (χ2v) is 4.52. The van der Waals surface area contributed by atoms with Crippen LogP contribution in [0.15, 0.2) is 12.3 Å². The monoisotopic (exact) mass is 236 g/mol. The van der Waals surface area contributed by atoms with Gasteiger partial charge < -0.3 is 5.32 Å². The van der Waals surface area contributed by atoms with Gasteiger partial charge in [0.2, 0.25) is 5.91 Å². The fourth-order valence-electron chi connectivity index (χ4n) is 2.38. The van der Waals surface area contributed by atoms with E-state index >= 15 is 0 Å². The number of carbonyl (C=O) groups is 1. The Morgan fingerprint density at radius 1 is 1.65 bits per heavy atom. The summed E-state index contributed by atoms with van der Waals surface area (Å²) in [7, 11) is 1.83. The molecule has 1 aromatic rings. The normalized spacial score (nSPS) is 20.7. The minimum Gasteiger partial charge on any atom is -0.310 e. The SMILES string of the molecule is CCCN1CCCC1C(=O)Nc1ccnn1C. The number of likely N-dealkylation sites (tertiary alicyclic amines) is 1. The molecule has 0 saturated carbocycles. The first-order valence-electron chi connectivity index (χ1n) is 6.25. The van der Waals surface area contributed by atoms with Gasteiger partial charge >= 0.3 is 0 Å². The third kappa shape index (κ3) is 2.66. The maximum Gasteiger partial charge on any atom is 0.242 e. The first-order valence-corrected chi connectivity index (χ1v) is 6.25. The third-order valence-electron chi connectivity index (χ3n) is 3.25. The van der Waals surface area contributed by atoms with Gasteiger partial charge in [0.25, 0.3) is 0 Å². The smallest absolute Gasteiger partial charge is 0.242 e. The number of hydrogen-bond donors (Lipinski definition) is 1. The second kappa shape index (κ2) is 5.31. The zero-order valence-electron chi connectivity index (χ0n) is 10.5. The largest absolute Gasteiger partial charge is 0.310 e. The fraction of sp³-hybridized carbons (Fsp3) is 0.667. The molecule has 94 valence electrons. The molecule has 0 spiro atoms. The lowest BCUT2D eigenvalue weighted by molar-refractivity contribution is -0.120. The molecule has 1 aliphatic heterocycles. The molecule has 1 aliphatic rings. The van der Waals surface area contributed by atoms with Gasteiger partial charge in [-0.25, -0.2) is 0 Å². The van der Waals surface area contributed by atoms with Crippen molar-refractivity contribution in [2.75, 3.05) is 18.4 Å². The Hall–Kier alpha value is -1.36. The van der Waals surface area contributed by atoms with Crippen molar-refractivity contribution in [3.05, 3.63) is 12.3 Å². The Bertz CT molecular complexity index is 388. The molecule has 5 heteroatoms. The molecule has 1 fully saturated rings. The van der Waals surface area contributed by atoms with Crippen LogP contribution in [0, 0.1) is 0 Å². The Kier molecular flexibility index (Phi) is 3.78. The van der Waals surface area contributed by atoms with Gasteiger partial charge in [-0.05, 0) is 32.4 Å². The zero-order valence-corrected chi connectivity index (χ0v) is 10.5. The molecule has 17 heavy (non-hydrogen) atoms. The van der Waals surface area contributed by atoms with E-state index in [0.717, 1.165) is 38.2 Å². The van der Waals surface area contributed by atoms with Crippen molar-refractivity contribution in [2.45, 2.75) is 32.2 Å². The highest BCUT2D eigenvalue weighted by Crippen LogP contribution is 2.19. The zero-order chi connectivity index (χ0) is 12.3. The first-order chi connectivity index (χ1) is 8.22. The van der Waals surface area contributed by atoms with E-state index in [2.05, 4.69) is 22.2 Å². The Balaban J connectivity index is 1.98. The molecule has 2 heterocycles. The maximum atomic E-state index is 12.2. The molecule has 5 nitrogen and oxygen atoms in total. The van der Waals surface area contributed by atoms with Crippen molar-refractivity contribution in [1.82, 2.24) is 14.7 Å². The standard InChI is InChI=1S/C12H20N4O/c1-3-8-16-9-4-5-10(16)12(17)14-11-6-7-13-15(11)2/h6-7,10H,3-5,8-9H2,1-2H3,(H,14,17). The van der Waals surface area contributed by atoms with Gasteiger partial charge in [-0.15, -0.1) is 0 Å². The summed E-state index contributed by atoms with van der Waals surface area (Å²) in [6.45, 7) is 4.19. The van der Waals surface area contributed by atoms with E-state index in [-0.39, 0.29) is 11.9 Å². The fourth-order valence-corrected chi connectivity index (χ4v) is 2.38. The number of aryl methyl sites for hydroxylation is 1. The molecule has 0 bridgehead atoms. The predicted octanol–water partition coefficient (Wildman–Crippen LogP) is 1.23.